The van der Waals surface area contributed by atoms with E-state index in [0.29, 0.717) is 22.5 Å². The third-order valence-electron chi connectivity index (χ3n) is 4.53. The third-order valence-corrected chi connectivity index (χ3v) is 5.42. The van der Waals surface area contributed by atoms with Gasteiger partial charge in [0.15, 0.2) is 0 Å². The predicted molar refractivity (Wildman–Crippen MR) is 85.3 cm³/mol. The molecule has 1 spiro atoms. The topological polar surface area (TPSA) is 70.7 Å². The number of rotatable bonds is 4. The minimum atomic E-state index is -0.414. The Labute approximate surface area is 133 Å². The molecule has 3 rings (SSSR count). The molecule has 0 bridgehead atoms. The number of nitrogens with one attached hydrogen (secondary N) is 2. The van der Waals surface area contributed by atoms with Gasteiger partial charge in [0.05, 0.1) is 19.3 Å². The molecular formula is C15H21N3O3S. The Morgan fingerprint density at radius 3 is 3.09 bits per heavy atom. The van der Waals surface area contributed by atoms with Gasteiger partial charge < -0.3 is 15.4 Å². The van der Waals surface area contributed by atoms with Crippen molar-refractivity contribution in [3.63, 3.8) is 0 Å². The summed E-state index contributed by atoms with van der Waals surface area (Å²) < 4.78 is 4.72. The lowest BCUT2D eigenvalue weighted by atomic mass is 9.87. The molecule has 6 nitrogen and oxygen atoms in total. The molecule has 0 aromatic carbocycles. The lowest BCUT2D eigenvalue weighted by molar-refractivity contribution is -0.117. The standard InChI is InChI=1S/C15H21N3O3S/c1-21-14(20)13-11(2-7-22-13)17-12(19)8-18-6-4-15(10-18)3-5-16-9-15/h2,7,16H,3-6,8-10H2,1H3,(H,17,19). The fourth-order valence-electron chi connectivity index (χ4n) is 3.36. The second-order valence-corrected chi connectivity index (χ2v) is 7.01. The largest absolute Gasteiger partial charge is 0.465 e. The highest BCUT2D eigenvalue weighted by molar-refractivity contribution is 7.12. The Hall–Kier alpha value is -1.44. The van der Waals surface area contributed by atoms with Crippen LogP contribution in [0.5, 0.6) is 0 Å². The first-order chi connectivity index (χ1) is 10.6. The summed E-state index contributed by atoms with van der Waals surface area (Å²) in [6, 6.07) is 1.74. The van der Waals surface area contributed by atoms with E-state index in [1.54, 1.807) is 11.4 Å². The van der Waals surface area contributed by atoms with Crippen molar-refractivity contribution in [2.24, 2.45) is 5.41 Å². The first-order valence-electron chi connectivity index (χ1n) is 7.51. The number of amides is 1. The van der Waals surface area contributed by atoms with Crippen LogP contribution >= 0.6 is 11.3 Å². The second-order valence-electron chi connectivity index (χ2n) is 6.09. The second kappa shape index (κ2) is 6.36. The summed E-state index contributed by atoms with van der Waals surface area (Å²) in [5, 5.41) is 8.01. The average molecular weight is 323 g/mol. The predicted octanol–water partition coefficient (Wildman–Crippen LogP) is 1.16. The van der Waals surface area contributed by atoms with E-state index in [2.05, 4.69) is 15.5 Å². The van der Waals surface area contributed by atoms with Crippen LogP contribution in [0.25, 0.3) is 0 Å². The molecule has 3 heterocycles. The highest BCUT2D eigenvalue weighted by atomic mass is 32.1. The van der Waals surface area contributed by atoms with E-state index in [-0.39, 0.29) is 5.91 Å². The van der Waals surface area contributed by atoms with E-state index in [1.165, 1.54) is 24.9 Å². The van der Waals surface area contributed by atoms with Crippen molar-refractivity contribution in [1.29, 1.82) is 0 Å². The minimum absolute atomic E-state index is 0.0773. The lowest BCUT2D eigenvalue weighted by Crippen LogP contribution is -2.34. The molecule has 120 valence electrons. The van der Waals surface area contributed by atoms with Crippen LogP contribution in [0.3, 0.4) is 0 Å². The van der Waals surface area contributed by atoms with Gasteiger partial charge in [0.25, 0.3) is 0 Å². The fraction of sp³-hybridized carbons (Fsp3) is 0.600. The maximum absolute atomic E-state index is 12.2. The van der Waals surface area contributed by atoms with E-state index in [1.807, 2.05) is 0 Å². The van der Waals surface area contributed by atoms with Crippen LogP contribution in [-0.2, 0) is 9.53 Å². The van der Waals surface area contributed by atoms with Gasteiger partial charge in [-0.05, 0) is 42.8 Å². The van der Waals surface area contributed by atoms with Crippen LogP contribution in [0.4, 0.5) is 5.69 Å². The van der Waals surface area contributed by atoms with Gasteiger partial charge in [-0.15, -0.1) is 11.3 Å². The average Bonchev–Trinajstić information content (AvgIpc) is 3.22. The van der Waals surface area contributed by atoms with Gasteiger partial charge >= 0.3 is 5.97 Å². The quantitative estimate of drug-likeness (QED) is 0.814. The van der Waals surface area contributed by atoms with Crippen molar-refractivity contribution in [3.05, 3.63) is 16.3 Å². The monoisotopic (exact) mass is 323 g/mol. The summed E-state index contributed by atoms with van der Waals surface area (Å²) in [5.41, 5.74) is 0.901. The molecule has 7 heteroatoms. The number of methoxy groups -OCH3 is 1. The van der Waals surface area contributed by atoms with Gasteiger partial charge in [-0.1, -0.05) is 0 Å². The summed E-state index contributed by atoms with van der Waals surface area (Å²) in [4.78, 5) is 26.5. The molecule has 2 aliphatic rings. The van der Waals surface area contributed by atoms with Gasteiger partial charge in [0.2, 0.25) is 5.91 Å². The zero-order chi connectivity index (χ0) is 15.6. The molecule has 1 amide bonds. The van der Waals surface area contributed by atoms with Crippen molar-refractivity contribution < 1.29 is 14.3 Å². The number of anilines is 1. The van der Waals surface area contributed by atoms with E-state index in [4.69, 9.17) is 4.74 Å². The van der Waals surface area contributed by atoms with Crippen molar-refractivity contribution in [2.75, 3.05) is 45.2 Å². The minimum Gasteiger partial charge on any atom is -0.465 e. The van der Waals surface area contributed by atoms with Gasteiger partial charge in [0, 0.05) is 13.1 Å². The SMILES string of the molecule is COC(=O)c1sccc1NC(=O)CN1CCC2(CCNC2)C1. The zero-order valence-corrected chi connectivity index (χ0v) is 13.5. The molecule has 2 saturated heterocycles. The lowest BCUT2D eigenvalue weighted by Gasteiger charge is -2.22. The maximum Gasteiger partial charge on any atom is 0.350 e. The molecule has 0 saturated carbocycles. The van der Waals surface area contributed by atoms with Crippen LogP contribution < -0.4 is 10.6 Å². The molecule has 2 N–H and O–H groups in total. The number of likely N-dealkylation sites (tertiary alicyclic amines) is 1. The maximum atomic E-state index is 12.2. The highest BCUT2D eigenvalue weighted by Crippen LogP contribution is 2.35. The van der Waals surface area contributed by atoms with Crippen LogP contribution in [-0.4, -0.2) is 56.6 Å². The van der Waals surface area contributed by atoms with Crippen LogP contribution in [0.2, 0.25) is 0 Å². The van der Waals surface area contributed by atoms with Gasteiger partial charge in [0.1, 0.15) is 4.88 Å². The number of nitrogens with zero attached hydrogens (tertiary/aromatic N) is 1. The molecule has 2 fully saturated rings. The van der Waals surface area contributed by atoms with E-state index in [0.717, 1.165) is 32.6 Å². The molecule has 22 heavy (non-hydrogen) atoms. The summed E-state index contributed by atoms with van der Waals surface area (Å²) in [6.45, 7) is 4.45. The number of hydrogen-bond donors (Lipinski definition) is 2. The fourth-order valence-corrected chi connectivity index (χ4v) is 4.12. The Balaban J connectivity index is 1.55. The van der Waals surface area contributed by atoms with Gasteiger partial charge in [-0.2, -0.15) is 0 Å². The first kappa shape index (κ1) is 15.5. The van der Waals surface area contributed by atoms with E-state index >= 15 is 0 Å². The Bertz CT molecular complexity index is 566. The van der Waals surface area contributed by atoms with Gasteiger partial charge in [-0.25, -0.2) is 4.79 Å². The number of thiophene rings is 1. The Kier molecular flexibility index (Phi) is 4.46. The molecule has 0 radical (unpaired) electrons. The number of carbonyl (C=O) groups excluding carboxylic acids is 2. The Morgan fingerprint density at radius 2 is 2.36 bits per heavy atom. The summed E-state index contributed by atoms with van der Waals surface area (Å²) in [6.07, 6.45) is 2.35. The van der Waals surface area contributed by atoms with E-state index < -0.39 is 5.97 Å². The van der Waals surface area contributed by atoms with Crippen LogP contribution in [0, 0.1) is 5.41 Å². The summed E-state index contributed by atoms with van der Waals surface area (Å²) in [5.74, 6) is -0.492. The summed E-state index contributed by atoms with van der Waals surface area (Å²) >= 11 is 1.27. The van der Waals surface area contributed by atoms with Crippen molar-refractivity contribution in [1.82, 2.24) is 10.2 Å². The number of esters is 1. The zero-order valence-electron chi connectivity index (χ0n) is 12.7. The van der Waals surface area contributed by atoms with E-state index in [9.17, 15) is 9.59 Å². The number of carbonyl (C=O) groups is 2. The molecular weight excluding hydrogens is 302 g/mol. The normalized spacial score (nSPS) is 24.8. The number of ether oxygens (including phenoxy) is 1. The number of hydrogen-bond acceptors (Lipinski definition) is 6. The molecule has 1 unspecified atom stereocenters. The molecule has 2 aliphatic heterocycles. The van der Waals surface area contributed by atoms with Crippen molar-refractivity contribution in [2.45, 2.75) is 12.8 Å². The summed E-state index contributed by atoms with van der Waals surface area (Å²) in [7, 11) is 1.34. The van der Waals surface area contributed by atoms with Crippen molar-refractivity contribution >= 4 is 28.9 Å². The molecule has 1 atom stereocenters. The molecule has 1 aromatic rings. The molecule has 0 aliphatic carbocycles. The van der Waals surface area contributed by atoms with Crippen LogP contribution in [0.15, 0.2) is 11.4 Å². The first-order valence-corrected chi connectivity index (χ1v) is 8.39. The third kappa shape index (κ3) is 3.16. The van der Waals surface area contributed by atoms with Gasteiger partial charge in [-0.3, -0.25) is 9.69 Å². The van der Waals surface area contributed by atoms with Crippen LogP contribution in [0.1, 0.15) is 22.5 Å². The van der Waals surface area contributed by atoms with Crippen molar-refractivity contribution in [3.8, 4) is 0 Å². The Morgan fingerprint density at radius 1 is 1.50 bits per heavy atom. The smallest absolute Gasteiger partial charge is 0.350 e. The molecule has 1 aromatic heterocycles. The highest BCUT2D eigenvalue weighted by Gasteiger charge is 2.40.